The summed E-state index contributed by atoms with van der Waals surface area (Å²) in [6.45, 7) is 0. The first-order valence-electron chi connectivity index (χ1n) is 10.1. The van der Waals surface area contributed by atoms with E-state index in [0.29, 0.717) is 22.8 Å². The monoisotopic (exact) mass is 509 g/mol. The Balaban J connectivity index is 2.20. The molecule has 12 heteroatoms. The van der Waals surface area contributed by atoms with Gasteiger partial charge in [-0.15, -0.1) is 0 Å². The molecule has 0 saturated heterocycles. The molecule has 0 aliphatic heterocycles. The fourth-order valence-electron chi connectivity index (χ4n) is 2.85. The number of carbonyl (C=O) groups is 2. The molecule has 0 heterocycles. The van der Waals surface area contributed by atoms with E-state index in [-0.39, 0.29) is 30.0 Å². The highest BCUT2D eigenvalue weighted by Gasteiger charge is 2.16. The highest BCUT2D eigenvalue weighted by Crippen LogP contribution is 2.35. The van der Waals surface area contributed by atoms with Gasteiger partial charge in [-0.05, 0) is 18.2 Å². The Labute approximate surface area is 203 Å². The van der Waals surface area contributed by atoms with Crippen molar-refractivity contribution in [1.29, 1.82) is 0 Å². The zero-order chi connectivity index (χ0) is 26.0. The molecule has 0 unspecified atom stereocenters. The molecule has 2 aromatic rings. The molecular formula is C23H27NO10S. The molecule has 1 N–H and O–H groups in total. The smallest absolute Gasteiger partial charge is 0.311 e. The van der Waals surface area contributed by atoms with Crippen LogP contribution in [-0.4, -0.2) is 55.9 Å². The molecule has 0 bridgehead atoms. The third-order valence-corrected chi connectivity index (χ3v) is 5.59. The number of nitrogens with one attached hydrogen (secondary N) is 1. The van der Waals surface area contributed by atoms with E-state index < -0.39 is 22.0 Å². The topological polar surface area (TPSA) is 136 Å². The standard InChI is InChI=1S/C23H27NO10S/c1-29-16-13-19(30-2)17(20(14-16)31-3)10-11-35(27,28)24-15-6-7-18(21(12-15)32-4)34-23(26)9-8-22(25)33-5/h6-7,10-14,24H,8-9H2,1-5H3/b11-10+. The number of anilines is 1. The summed E-state index contributed by atoms with van der Waals surface area (Å²) in [6, 6.07) is 7.30. The number of rotatable bonds is 12. The summed E-state index contributed by atoms with van der Waals surface area (Å²) >= 11 is 0. The first kappa shape index (κ1) is 27.3. The van der Waals surface area contributed by atoms with Gasteiger partial charge < -0.3 is 28.4 Å². The van der Waals surface area contributed by atoms with E-state index in [1.807, 2.05) is 0 Å². The zero-order valence-corrected chi connectivity index (χ0v) is 20.8. The van der Waals surface area contributed by atoms with Crippen molar-refractivity contribution in [2.75, 3.05) is 40.3 Å². The zero-order valence-electron chi connectivity index (χ0n) is 19.9. The molecule has 0 atom stereocenters. The van der Waals surface area contributed by atoms with Crippen LogP contribution in [0.25, 0.3) is 6.08 Å². The molecule has 0 aromatic heterocycles. The largest absolute Gasteiger partial charge is 0.496 e. The number of sulfonamides is 1. The molecule has 35 heavy (non-hydrogen) atoms. The van der Waals surface area contributed by atoms with Gasteiger partial charge in [-0.1, -0.05) is 0 Å². The van der Waals surface area contributed by atoms with Crippen LogP contribution in [0.5, 0.6) is 28.7 Å². The number of hydrogen-bond acceptors (Lipinski definition) is 10. The molecule has 190 valence electrons. The lowest BCUT2D eigenvalue weighted by atomic mass is 10.1. The maximum atomic E-state index is 12.7. The lowest BCUT2D eigenvalue weighted by Gasteiger charge is -2.13. The van der Waals surface area contributed by atoms with E-state index in [4.69, 9.17) is 23.7 Å². The van der Waals surface area contributed by atoms with Crippen molar-refractivity contribution >= 4 is 33.7 Å². The van der Waals surface area contributed by atoms with Gasteiger partial charge in [0.2, 0.25) is 0 Å². The van der Waals surface area contributed by atoms with Gasteiger partial charge in [0.05, 0.1) is 65.0 Å². The average Bonchev–Trinajstić information content (AvgIpc) is 2.85. The summed E-state index contributed by atoms with van der Waals surface area (Å²) in [6.07, 6.45) is 1.01. The third-order valence-electron chi connectivity index (χ3n) is 4.58. The Bertz CT molecular complexity index is 1170. The molecule has 0 fully saturated rings. The summed E-state index contributed by atoms with van der Waals surface area (Å²) in [7, 11) is 2.95. The Morgan fingerprint density at radius 3 is 1.94 bits per heavy atom. The minimum atomic E-state index is -3.97. The van der Waals surface area contributed by atoms with E-state index in [9.17, 15) is 18.0 Å². The molecule has 0 saturated carbocycles. The quantitative estimate of drug-likeness (QED) is 0.336. The summed E-state index contributed by atoms with van der Waals surface area (Å²) in [5.74, 6) is 0.145. The predicted octanol–water partition coefficient (Wildman–Crippen LogP) is 2.99. The maximum Gasteiger partial charge on any atom is 0.311 e. The van der Waals surface area contributed by atoms with Crippen LogP contribution < -0.4 is 28.4 Å². The van der Waals surface area contributed by atoms with E-state index in [1.165, 1.54) is 59.8 Å². The molecule has 0 amide bonds. The number of methoxy groups -OCH3 is 5. The SMILES string of the molecule is COC(=O)CCC(=O)Oc1ccc(NS(=O)(=O)/C=C/c2c(OC)cc(OC)cc2OC)cc1OC. The third kappa shape index (κ3) is 7.81. The van der Waals surface area contributed by atoms with Crippen LogP contribution >= 0.6 is 0 Å². The van der Waals surface area contributed by atoms with E-state index in [0.717, 1.165) is 5.41 Å². The first-order chi connectivity index (χ1) is 16.7. The molecular weight excluding hydrogens is 482 g/mol. The maximum absolute atomic E-state index is 12.7. The predicted molar refractivity (Wildman–Crippen MR) is 128 cm³/mol. The van der Waals surface area contributed by atoms with Crippen molar-refractivity contribution in [3.63, 3.8) is 0 Å². The van der Waals surface area contributed by atoms with Crippen LogP contribution in [0.4, 0.5) is 5.69 Å². The second-order valence-electron chi connectivity index (χ2n) is 6.81. The fourth-order valence-corrected chi connectivity index (χ4v) is 3.69. The molecule has 2 aromatic carbocycles. The number of ether oxygens (including phenoxy) is 6. The molecule has 0 radical (unpaired) electrons. The Kier molecular flexibility index (Phi) is 9.76. The van der Waals surface area contributed by atoms with Gasteiger partial charge in [0.1, 0.15) is 17.2 Å². The van der Waals surface area contributed by atoms with Crippen molar-refractivity contribution in [2.24, 2.45) is 0 Å². The van der Waals surface area contributed by atoms with Crippen molar-refractivity contribution in [1.82, 2.24) is 0 Å². The van der Waals surface area contributed by atoms with Crippen molar-refractivity contribution in [3.05, 3.63) is 41.3 Å². The highest BCUT2D eigenvalue weighted by atomic mass is 32.2. The van der Waals surface area contributed by atoms with Gasteiger partial charge in [0.25, 0.3) is 10.0 Å². The van der Waals surface area contributed by atoms with E-state index in [1.54, 1.807) is 12.1 Å². The molecule has 0 aliphatic rings. The highest BCUT2D eigenvalue weighted by molar-refractivity contribution is 7.95. The van der Waals surface area contributed by atoms with Crippen molar-refractivity contribution < 1.29 is 46.4 Å². The lowest BCUT2D eigenvalue weighted by Crippen LogP contribution is -2.12. The Morgan fingerprint density at radius 2 is 1.40 bits per heavy atom. The van der Waals surface area contributed by atoms with Gasteiger partial charge in [-0.2, -0.15) is 0 Å². The molecule has 0 aliphatic carbocycles. The van der Waals surface area contributed by atoms with Gasteiger partial charge in [-0.3, -0.25) is 14.3 Å². The minimum Gasteiger partial charge on any atom is -0.496 e. The number of carbonyl (C=O) groups excluding carboxylic acids is 2. The van der Waals surface area contributed by atoms with Crippen molar-refractivity contribution in [3.8, 4) is 28.7 Å². The number of hydrogen-bond donors (Lipinski definition) is 1. The van der Waals surface area contributed by atoms with E-state index in [2.05, 4.69) is 9.46 Å². The molecule has 0 spiro atoms. The van der Waals surface area contributed by atoms with E-state index >= 15 is 0 Å². The summed E-state index contributed by atoms with van der Waals surface area (Å²) < 4.78 is 58.4. The Hall–Kier alpha value is -3.93. The minimum absolute atomic E-state index is 0.0635. The second-order valence-corrected chi connectivity index (χ2v) is 8.38. The fraction of sp³-hybridized carbons (Fsp3) is 0.304. The van der Waals surface area contributed by atoms with Crippen LogP contribution in [0.2, 0.25) is 0 Å². The number of esters is 2. The molecule has 11 nitrogen and oxygen atoms in total. The van der Waals surface area contributed by atoms with Crippen LogP contribution in [0.1, 0.15) is 18.4 Å². The Morgan fingerprint density at radius 1 is 0.800 bits per heavy atom. The van der Waals surface area contributed by atoms with Crippen LogP contribution in [0, 0.1) is 0 Å². The summed E-state index contributed by atoms with van der Waals surface area (Å²) in [4.78, 5) is 23.1. The van der Waals surface area contributed by atoms with Gasteiger partial charge in [0.15, 0.2) is 11.5 Å². The molecule has 2 rings (SSSR count). The average molecular weight is 510 g/mol. The van der Waals surface area contributed by atoms with Gasteiger partial charge >= 0.3 is 11.9 Å². The van der Waals surface area contributed by atoms with Crippen LogP contribution in [-0.2, 0) is 24.3 Å². The summed E-state index contributed by atoms with van der Waals surface area (Å²) in [5.41, 5.74) is 0.558. The van der Waals surface area contributed by atoms with Crippen molar-refractivity contribution in [2.45, 2.75) is 12.8 Å². The van der Waals surface area contributed by atoms with Gasteiger partial charge in [-0.25, -0.2) is 8.42 Å². The first-order valence-corrected chi connectivity index (χ1v) is 11.7. The van der Waals surface area contributed by atoms with Gasteiger partial charge in [0, 0.05) is 18.2 Å². The second kappa shape index (κ2) is 12.5. The van der Waals surface area contributed by atoms with Crippen LogP contribution in [0.15, 0.2) is 35.7 Å². The lowest BCUT2D eigenvalue weighted by molar-refractivity contribution is -0.144. The number of benzene rings is 2. The van der Waals surface area contributed by atoms with Crippen LogP contribution in [0.3, 0.4) is 0 Å². The summed E-state index contributed by atoms with van der Waals surface area (Å²) in [5, 5.41) is 0.951. The normalized spacial score (nSPS) is 11.0.